The zero-order valence-corrected chi connectivity index (χ0v) is 10.7. The van der Waals surface area contributed by atoms with Gasteiger partial charge in [0.05, 0.1) is 0 Å². The Morgan fingerprint density at radius 3 is 2.47 bits per heavy atom. The van der Waals surface area contributed by atoms with E-state index in [4.69, 9.17) is 0 Å². The van der Waals surface area contributed by atoms with Crippen molar-refractivity contribution in [2.24, 2.45) is 5.92 Å². The number of rotatable bonds is 5. The molecule has 0 aliphatic carbocycles. The van der Waals surface area contributed by atoms with Crippen molar-refractivity contribution in [3.63, 3.8) is 0 Å². The molecule has 0 bridgehead atoms. The number of carbonyl (C=O) groups is 1. The van der Waals surface area contributed by atoms with Gasteiger partial charge in [-0.2, -0.15) is 0 Å². The third-order valence-corrected chi connectivity index (χ3v) is 2.97. The average Bonchev–Trinajstić information content (AvgIpc) is 2.26. The number of nitrogens with one attached hydrogen (secondary N) is 1. The van der Waals surface area contributed by atoms with Crippen molar-refractivity contribution in [2.75, 3.05) is 13.6 Å². The Labute approximate surface area is 99.2 Å². The van der Waals surface area contributed by atoms with Gasteiger partial charge in [0.15, 0.2) is 5.78 Å². The minimum atomic E-state index is 0.0798. The molecule has 0 saturated carbocycles. The molecule has 1 aromatic rings. The molecule has 1 aromatic carbocycles. The van der Waals surface area contributed by atoms with Crippen LogP contribution in [-0.4, -0.2) is 19.4 Å². The van der Waals surface area contributed by atoms with Crippen LogP contribution >= 0.6 is 15.9 Å². The van der Waals surface area contributed by atoms with Crippen molar-refractivity contribution in [1.82, 2.24) is 5.32 Å². The predicted octanol–water partition coefficient (Wildman–Crippen LogP) is 2.88. The van der Waals surface area contributed by atoms with Crippen molar-refractivity contribution in [3.05, 3.63) is 34.3 Å². The maximum atomic E-state index is 12.0. The number of hydrogen-bond donors (Lipinski definition) is 1. The van der Waals surface area contributed by atoms with Gasteiger partial charge in [0.25, 0.3) is 0 Å². The highest BCUT2D eigenvalue weighted by molar-refractivity contribution is 9.10. The summed E-state index contributed by atoms with van der Waals surface area (Å²) in [5.41, 5.74) is 0.792. The van der Waals surface area contributed by atoms with Crippen molar-refractivity contribution in [3.8, 4) is 0 Å². The molecule has 1 N–H and O–H groups in total. The summed E-state index contributed by atoms with van der Waals surface area (Å²) in [6, 6.07) is 7.54. The number of ketones is 1. The highest BCUT2D eigenvalue weighted by Crippen LogP contribution is 2.15. The maximum Gasteiger partial charge on any atom is 0.167 e. The van der Waals surface area contributed by atoms with E-state index in [-0.39, 0.29) is 11.7 Å². The minimum Gasteiger partial charge on any atom is -0.319 e. The molecule has 2 nitrogen and oxygen atoms in total. The van der Waals surface area contributed by atoms with Crippen LogP contribution in [0.2, 0.25) is 0 Å². The Bertz CT molecular complexity index is 321. The van der Waals surface area contributed by atoms with E-state index in [1.807, 2.05) is 38.2 Å². The van der Waals surface area contributed by atoms with Crippen LogP contribution in [0.15, 0.2) is 28.7 Å². The summed E-state index contributed by atoms with van der Waals surface area (Å²) in [6.45, 7) is 2.78. The number of halogens is 1. The normalized spacial score (nSPS) is 12.5. The summed E-state index contributed by atoms with van der Waals surface area (Å²) in [4.78, 5) is 12.0. The molecule has 0 aliphatic rings. The highest BCUT2D eigenvalue weighted by Gasteiger charge is 2.16. The Hall–Kier alpha value is -0.670. The van der Waals surface area contributed by atoms with Crippen LogP contribution in [-0.2, 0) is 0 Å². The number of benzene rings is 1. The molecule has 0 aromatic heterocycles. The van der Waals surface area contributed by atoms with Crippen LogP contribution in [0.25, 0.3) is 0 Å². The summed E-state index contributed by atoms with van der Waals surface area (Å²) < 4.78 is 1.00. The van der Waals surface area contributed by atoms with E-state index in [1.165, 1.54) is 0 Å². The van der Waals surface area contributed by atoms with Gasteiger partial charge in [-0.15, -0.1) is 0 Å². The number of Topliss-reactive ketones (excluding diaryl/α,β-unsaturated/α-hetero) is 1. The summed E-state index contributed by atoms with van der Waals surface area (Å²) in [5, 5.41) is 3.05. The molecule has 1 atom stereocenters. The lowest BCUT2D eigenvalue weighted by molar-refractivity contribution is 0.0916. The zero-order chi connectivity index (χ0) is 11.3. The van der Waals surface area contributed by atoms with E-state index in [9.17, 15) is 4.79 Å². The molecule has 15 heavy (non-hydrogen) atoms. The van der Waals surface area contributed by atoms with E-state index < -0.39 is 0 Å². The van der Waals surface area contributed by atoms with Gasteiger partial charge < -0.3 is 5.32 Å². The van der Waals surface area contributed by atoms with E-state index >= 15 is 0 Å². The molecule has 0 spiro atoms. The first-order chi connectivity index (χ1) is 7.19. The second kappa shape index (κ2) is 6.03. The third-order valence-electron chi connectivity index (χ3n) is 2.44. The molecule has 0 amide bonds. The summed E-state index contributed by atoms with van der Waals surface area (Å²) >= 11 is 3.36. The SMILES string of the molecule is CCC(CNC)C(=O)c1ccc(Br)cc1. The van der Waals surface area contributed by atoms with Gasteiger partial charge in [0.2, 0.25) is 0 Å². The van der Waals surface area contributed by atoms with Crippen LogP contribution in [0.3, 0.4) is 0 Å². The molecular weight excluding hydrogens is 254 g/mol. The number of hydrogen-bond acceptors (Lipinski definition) is 2. The van der Waals surface area contributed by atoms with Gasteiger partial charge >= 0.3 is 0 Å². The molecule has 0 heterocycles. The lowest BCUT2D eigenvalue weighted by Gasteiger charge is -2.12. The molecule has 3 heteroatoms. The van der Waals surface area contributed by atoms with Crippen molar-refractivity contribution in [1.29, 1.82) is 0 Å². The fraction of sp³-hybridized carbons (Fsp3) is 0.417. The molecule has 1 rings (SSSR count). The molecular formula is C12H16BrNO. The quantitative estimate of drug-likeness (QED) is 0.833. The summed E-state index contributed by atoms with van der Waals surface area (Å²) in [5.74, 6) is 0.301. The fourth-order valence-corrected chi connectivity index (χ4v) is 1.78. The molecule has 0 fully saturated rings. The largest absolute Gasteiger partial charge is 0.319 e. The Balaban J connectivity index is 2.78. The van der Waals surface area contributed by atoms with Gasteiger partial charge in [0, 0.05) is 22.5 Å². The van der Waals surface area contributed by atoms with Crippen LogP contribution in [0, 0.1) is 5.92 Å². The van der Waals surface area contributed by atoms with Crippen molar-refractivity contribution < 1.29 is 4.79 Å². The van der Waals surface area contributed by atoms with E-state index in [1.54, 1.807) is 0 Å². The Morgan fingerprint density at radius 2 is 2.00 bits per heavy atom. The van der Waals surface area contributed by atoms with Gasteiger partial charge in [0.1, 0.15) is 0 Å². The smallest absolute Gasteiger partial charge is 0.167 e. The van der Waals surface area contributed by atoms with E-state index in [0.717, 1.165) is 23.0 Å². The van der Waals surface area contributed by atoms with Crippen LogP contribution in [0.4, 0.5) is 0 Å². The standard InChI is InChI=1S/C12H16BrNO/c1-3-9(8-14-2)12(15)10-4-6-11(13)7-5-10/h4-7,9,14H,3,8H2,1-2H3. The molecule has 0 aliphatic heterocycles. The maximum absolute atomic E-state index is 12.0. The Morgan fingerprint density at radius 1 is 1.40 bits per heavy atom. The monoisotopic (exact) mass is 269 g/mol. The van der Waals surface area contributed by atoms with Crippen molar-refractivity contribution in [2.45, 2.75) is 13.3 Å². The zero-order valence-electron chi connectivity index (χ0n) is 9.09. The lowest BCUT2D eigenvalue weighted by Crippen LogP contribution is -2.25. The Kier molecular flexibility index (Phi) is 4.99. The van der Waals surface area contributed by atoms with Gasteiger partial charge in [-0.25, -0.2) is 0 Å². The fourth-order valence-electron chi connectivity index (χ4n) is 1.52. The first kappa shape index (κ1) is 12.4. The molecule has 82 valence electrons. The van der Waals surface area contributed by atoms with Gasteiger partial charge in [-0.05, 0) is 25.6 Å². The number of carbonyl (C=O) groups excluding carboxylic acids is 1. The summed E-state index contributed by atoms with van der Waals surface area (Å²) in [7, 11) is 1.87. The average molecular weight is 270 g/mol. The topological polar surface area (TPSA) is 29.1 Å². The molecule has 0 radical (unpaired) electrons. The first-order valence-electron chi connectivity index (χ1n) is 5.13. The second-order valence-corrected chi connectivity index (χ2v) is 4.45. The van der Waals surface area contributed by atoms with Crippen LogP contribution in [0.5, 0.6) is 0 Å². The van der Waals surface area contributed by atoms with Gasteiger partial charge in [-0.3, -0.25) is 4.79 Å². The first-order valence-corrected chi connectivity index (χ1v) is 5.92. The van der Waals surface area contributed by atoms with E-state index in [2.05, 4.69) is 21.2 Å². The summed E-state index contributed by atoms with van der Waals surface area (Å²) in [6.07, 6.45) is 0.871. The molecule has 1 unspecified atom stereocenters. The highest BCUT2D eigenvalue weighted by atomic mass is 79.9. The van der Waals surface area contributed by atoms with Crippen LogP contribution < -0.4 is 5.32 Å². The van der Waals surface area contributed by atoms with Crippen LogP contribution in [0.1, 0.15) is 23.7 Å². The van der Waals surface area contributed by atoms with Crippen molar-refractivity contribution >= 4 is 21.7 Å². The van der Waals surface area contributed by atoms with E-state index in [0.29, 0.717) is 0 Å². The lowest BCUT2D eigenvalue weighted by atomic mass is 9.95. The second-order valence-electron chi connectivity index (χ2n) is 3.53. The predicted molar refractivity (Wildman–Crippen MR) is 66.2 cm³/mol. The third kappa shape index (κ3) is 3.43. The molecule has 0 saturated heterocycles. The van der Waals surface area contributed by atoms with Gasteiger partial charge in [-0.1, -0.05) is 35.0 Å². The minimum absolute atomic E-state index is 0.0798.